The number of anilines is 1. The Morgan fingerprint density at radius 2 is 1.79 bits per heavy atom. The number of imidazole rings is 2. The van der Waals surface area contributed by atoms with Crippen LogP contribution in [0.5, 0.6) is 0 Å². The summed E-state index contributed by atoms with van der Waals surface area (Å²) in [4.78, 5) is 18.0. The van der Waals surface area contributed by atoms with E-state index in [0.29, 0.717) is 11.9 Å². The second kappa shape index (κ2) is 6.44. The average molecular weight is 387 g/mol. The summed E-state index contributed by atoms with van der Waals surface area (Å²) in [7, 11) is 0. The molecular formula is C23H26N6. The van der Waals surface area contributed by atoms with Gasteiger partial charge in [0.1, 0.15) is 11.3 Å². The van der Waals surface area contributed by atoms with Crippen LogP contribution in [0.1, 0.15) is 45.4 Å². The zero-order valence-electron chi connectivity index (χ0n) is 17.1. The summed E-state index contributed by atoms with van der Waals surface area (Å²) in [6.45, 7) is 7.32. The molecule has 0 spiro atoms. The van der Waals surface area contributed by atoms with Crippen LogP contribution in [0.25, 0.3) is 33.8 Å². The molecule has 1 aliphatic rings. The van der Waals surface area contributed by atoms with E-state index in [0.717, 1.165) is 46.2 Å². The Bertz CT molecular complexity index is 1180. The molecule has 0 atom stereocenters. The van der Waals surface area contributed by atoms with E-state index in [9.17, 15) is 0 Å². The van der Waals surface area contributed by atoms with Gasteiger partial charge in [-0.25, -0.2) is 15.0 Å². The van der Waals surface area contributed by atoms with Crippen molar-refractivity contribution in [3.8, 4) is 22.6 Å². The number of pyridine rings is 1. The van der Waals surface area contributed by atoms with Crippen LogP contribution in [0.2, 0.25) is 0 Å². The van der Waals surface area contributed by atoms with Crippen molar-refractivity contribution >= 4 is 17.1 Å². The molecule has 29 heavy (non-hydrogen) atoms. The Morgan fingerprint density at radius 1 is 1.03 bits per heavy atom. The van der Waals surface area contributed by atoms with Gasteiger partial charge in [-0.2, -0.15) is 0 Å². The Labute approximate surface area is 170 Å². The van der Waals surface area contributed by atoms with E-state index in [2.05, 4.69) is 42.9 Å². The van der Waals surface area contributed by atoms with Gasteiger partial charge in [-0.15, -0.1) is 0 Å². The van der Waals surface area contributed by atoms with Gasteiger partial charge in [-0.3, -0.25) is 4.57 Å². The summed E-state index contributed by atoms with van der Waals surface area (Å²) in [6, 6.07) is 14.3. The van der Waals surface area contributed by atoms with Crippen LogP contribution in [0, 0.1) is 5.41 Å². The molecule has 0 unspecified atom stereocenters. The Morgan fingerprint density at radius 3 is 2.48 bits per heavy atom. The first-order chi connectivity index (χ1) is 13.9. The average Bonchev–Trinajstić information content (AvgIpc) is 3.37. The third-order valence-corrected chi connectivity index (χ3v) is 5.24. The van der Waals surface area contributed by atoms with Crippen molar-refractivity contribution in [1.29, 1.82) is 0 Å². The van der Waals surface area contributed by atoms with E-state index in [1.54, 1.807) is 0 Å². The number of hydrogen-bond acceptors (Lipinski definition) is 4. The van der Waals surface area contributed by atoms with Crippen molar-refractivity contribution < 1.29 is 0 Å². The van der Waals surface area contributed by atoms with Gasteiger partial charge >= 0.3 is 0 Å². The molecule has 3 aromatic heterocycles. The highest BCUT2D eigenvalue weighted by atomic mass is 15.2. The molecule has 6 heteroatoms. The van der Waals surface area contributed by atoms with E-state index in [1.165, 1.54) is 12.8 Å². The maximum Gasteiger partial charge on any atom is 0.202 e. The normalized spacial score (nSPS) is 14.6. The highest BCUT2D eigenvalue weighted by molar-refractivity contribution is 5.82. The summed E-state index contributed by atoms with van der Waals surface area (Å²) in [5, 5.41) is 0. The summed E-state index contributed by atoms with van der Waals surface area (Å²) in [6.07, 6.45) is 2.39. The van der Waals surface area contributed by atoms with Crippen molar-refractivity contribution in [2.75, 3.05) is 5.73 Å². The van der Waals surface area contributed by atoms with Gasteiger partial charge in [0.25, 0.3) is 0 Å². The number of aromatic amines is 1. The van der Waals surface area contributed by atoms with Gasteiger partial charge in [0.15, 0.2) is 5.65 Å². The lowest BCUT2D eigenvalue weighted by atomic mass is 9.97. The molecule has 1 aliphatic carbocycles. The van der Waals surface area contributed by atoms with Gasteiger partial charge in [0.2, 0.25) is 5.95 Å². The van der Waals surface area contributed by atoms with Gasteiger partial charge in [0, 0.05) is 18.0 Å². The number of benzene rings is 1. The molecule has 1 saturated carbocycles. The van der Waals surface area contributed by atoms with E-state index in [4.69, 9.17) is 15.7 Å². The molecule has 0 amide bonds. The largest absolute Gasteiger partial charge is 0.369 e. The summed E-state index contributed by atoms with van der Waals surface area (Å²) in [5.74, 6) is 2.10. The van der Waals surface area contributed by atoms with Crippen molar-refractivity contribution in [1.82, 2.24) is 24.5 Å². The monoisotopic (exact) mass is 386 g/mol. The van der Waals surface area contributed by atoms with E-state index in [1.807, 2.05) is 34.9 Å². The fourth-order valence-corrected chi connectivity index (χ4v) is 3.72. The third-order valence-electron chi connectivity index (χ3n) is 5.24. The summed E-state index contributed by atoms with van der Waals surface area (Å²) in [5.41, 5.74) is 11.8. The number of aromatic nitrogens is 5. The zero-order valence-corrected chi connectivity index (χ0v) is 17.1. The molecule has 0 aliphatic heterocycles. The molecule has 5 rings (SSSR count). The van der Waals surface area contributed by atoms with Crippen molar-refractivity contribution in [2.45, 2.75) is 46.1 Å². The van der Waals surface area contributed by atoms with Crippen LogP contribution in [0.3, 0.4) is 0 Å². The predicted molar refractivity (Wildman–Crippen MR) is 116 cm³/mol. The van der Waals surface area contributed by atoms with Gasteiger partial charge in [-0.05, 0) is 30.4 Å². The maximum absolute atomic E-state index is 6.21. The van der Waals surface area contributed by atoms with Gasteiger partial charge in [0.05, 0.1) is 17.1 Å². The molecule has 0 bridgehead atoms. The molecule has 6 nitrogen and oxygen atoms in total. The van der Waals surface area contributed by atoms with Crippen molar-refractivity contribution in [3.05, 3.63) is 48.3 Å². The second-order valence-electron chi connectivity index (χ2n) is 9.14. The maximum atomic E-state index is 6.21. The Balaban J connectivity index is 1.67. The quantitative estimate of drug-likeness (QED) is 0.517. The number of nitrogen functional groups attached to an aromatic ring is 1. The number of nitrogens with zero attached hydrogens (tertiary/aromatic N) is 4. The SMILES string of the molecule is CC(C)(C)Cn1c(N)nc2ccc(-c3[nH]c(C4CC4)nc3-c3ccccc3)nc21. The topological polar surface area (TPSA) is 85.4 Å². The smallest absolute Gasteiger partial charge is 0.202 e. The fourth-order valence-electron chi connectivity index (χ4n) is 3.72. The predicted octanol–water partition coefficient (Wildman–Crippen LogP) is 4.99. The van der Waals surface area contributed by atoms with E-state index >= 15 is 0 Å². The number of hydrogen-bond donors (Lipinski definition) is 2. The summed E-state index contributed by atoms with van der Waals surface area (Å²) >= 11 is 0. The molecule has 148 valence electrons. The zero-order chi connectivity index (χ0) is 20.2. The lowest BCUT2D eigenvalue weighted by Gasteiger charge is -2.19. The van der Waals surface area contributed by atoms with Crippen molar-refractivity contribution in [3.63, 3.8) is 0 Å². The summed E-state index contributed by atoms with van der Waals surface area (Å²) < 4.78 is 2.01. The van der Waals surface area contributed by atoms with Gasteiger partial charge in [-0.1, -0.05) is 51.1 Å². The first kappa shape index (κ1) is 17.9. The van der Waals surface area contributed by atoms with Crippen LogP contribution < -0.4 is 5.73 Å². The van der Waals surface area contributed by atoms with Crippen LogP contribution >= 0.6 is 0 Å². The fraction of sp³-hybridized carbons (Fsp3) is 0.348. The molecule has 4 aromatic rings. The second-order valence-corrected chi connectivity index (χ2v) is 9.14. The van der Waals surface area contributed by atoms with Crippen molar-refractivity contribution in [2.24, 2.45) is 5.41 Å². The number of H-pyrrole nitrogens is 1. The molecule has 0 radical (unpaired) electrons. The lowest BCUT2D eigenvalue weighted by Crippen LogP contribution is -2.17. The van der Waals surface area contributed by atoms with Crippen LogP contribution in [0.15, 0.2) is 42.5 Å². The minimum Gasteiger partial charge on any atom is -0.369 e. The highest BCUT2D eigenvalue weighted by Crippen LogP contribution is 2.41. The third kappa shape index (κ3) is 3.39. The minimum atomic E-state index is 0.0712. The van der Waals surface area contributed by atoms with Crippen LogP contribution in [-0.4, -0.2) is 24.5 Å². The first-order valence-electron chi connectivity index (χ1n) is 10.2. The first-order valence-corrected chi connectivity index (χ1v) is 10.2. The molecule has 0 saturated heterocycles. The molecule has 1 aromatic carbocycles. The van der Waals surface area contributed by atoms with Crippen LogP contribution in [0.4, 0.5) is 5.95 Å². The lowest BCUT2D eigenvalue weighted by molar-refractivity contribution is 0.350. The standard InChI is InChI=1S/C23H26N6/c1-23(2,3)13-29-21-17(26-22(29)24)12-11-16(25-21)19-18(14-7-5-4-6-8-14)27-20(28-19)15-9-10-15/h4-8,11-12,15H,9-10,13H2,1-3H3,(H2,24,26)(H,27,28). The molecule has 3 heterocycles. The van der Waals surface area contributed by atoms with E-state index in [-0.39, 0.29) is 5.41 Å². The highest BCUT2D eigenvalue weighted by Gasteiger charge is 2.29. The number of nitrogens with one attached hydrogen (secondary N) is 1. The van der Waals surface area contributed by atoms with Gasteiger partial charge < -0.3 is 10.7 Å². The van der Waals surface area contributed by atoms with E-state index < -0.39 is 0 Å². The number of fused-ring (bicyclic) bond motifs is 1. The molecule has 1 fully saturated rings. The Hall–Kier alpha value is -3.15. The molecule has 3 N–H and O–H groups in total. The molecular weight excluding hydrogens is 360 g/mol. The minimum absolute atomic E-state index is 0.0712. The Kier molecular flexibility index (Phi) is 3.98. The number of rotatable bonds is 4. The van der Waals surface area contributed by atoms with Crippen LogP contribution in [-0.2, 0) is 6.54 Å². The number of nitrogens with two attached hydrogens (primary N) is 1.